The molecular formula is C11H8F3NO2. The van der Waals surface area contributed by atoms with Crippen molar-refractivity contribution in [3.05, 3.63) is 30.0 Å². The third-order valence-electron chi connectivity index (χ3n) is 2.27. The van der Waals surface area contributed by atoms with Gasteiger partial charge in [0.2, 0.25) is 0 Å². The van der Waals surface area contributed by atoms with Gasteiger partial charge in [-0.25, -0.2) is 4.98 Å². The Morgan fingerprint density at radius 2 is 1.94 bits per heavy atom. The van der Waals surface area contributed by atoms with Gasteiger partial charge in [-0.3, -0.25) is 0 Å². The average molecular weight is 243 g/mol. The number of alkyl halides is 3. The molecule has 3 nitrogen and oxygen atoms in total. The Labute approximate surface area is 94.5 Å². The molecule has 2 rings (SSSR count). The van der Waals surface area contributed by atoms with E-state index in [2.05, 4.69) is 4.98 Å². The highest BCUT2D eigenvalue weighted by Crippen LogP contribution is 2.36. The molecule has 2 aromatic rings. The fourth-order valence-corrected chi connectivity index (χ4v) is 1.48. The van der Waals surface area contributed by atoms with E-state index in [0.29, 0.717) is 11.1 Å². The lowest BCUT2D eigenvalue weighted by molar-refractivity contribution is -0.142. The Bertz CT molecular complexity index is 566. The summed E-state index contributed by atoms with van der Waals surface area (Å²) >= 11 is 0. The van der Waals surface area contributed by atoms with E-state index in [1.807, 2.05) is 0 Å². The van der Waals surface area contributed by atoms with Crippen LogP contribution in [0.15, 0.2) is 24.3 Å². The van der Waals surface area contributed by atoms with Gasteiger partial charge in [-0.15, -0.1) is 0 Å². The van der Waals surface area contributed by atoms with Gasteiger partial charge in [0.25, 0.3) is 0 Å². The van der Waals surface area contributed by atoms with Crippen molar-refractivity contribution in [3.8, 4) is 11.5 Å². The molecule has 0 atom stereocenters. The van der Waals surface area contributed by atoms with Crippen molar-refractivity contribution in [1.82, 2.24) is 4.98 Å². The van der Waals surface area contributed by atoms with Crippen LogP contribution in [0.5, 0.6) is 11.5 Å². The summed E-state index contributed by atoms with van der Waals surface area (Å²) in [6.07, 6.45) is -4.67. The molecule has 0 bridgehead atoms. The number of ether oxygens (including phenoxy) is 1. The van der Waals surface area contributed by atoms with E-state index in [-0.39, 0.29) is 5.52 Å². The third-order valence-corrected chi connectivity index (χ3v) is 2.27. The highest BCUT2D eigenvalue weighted by atomic mass is 19.4. The summed E-state index contributed by atoms with van der Waals surface area (Å²) in [5, 5.41) is 9.67. The van der Waals surface area contributed by atoms with Crippen LogP contribution < -0.4 is 4.74 Å². The van der Waals surface area contributed by atoms with Crippen molar-refractivity contribution in [3.63, 3.8) is 0 Å². The topological polar surface area (TPSA) is 42.4 Å². The van der Waals surface area contributed by atoms with Crippen molar-refractivity contribution < 1.29 is 23.0 Å². The zero-order chi connectivity index (χ0) is 12.6. The maximum atomic E-state index is 12.5. The molecule has 0 aliphatic rings. The summed E-state index contributed by atoms with van der Waals surface area (Å²) in [4.78, 5) is 3.39. The first kappa shape index (κ1) is 11.5. The van der Waals surface area contributed by atoms with Crippen LogP contribution in [0, 0.1) is 0 Å². The maximum absolute atomic E-state index is 12.5. The summed E-state index contributed by atoms with van der Waals surface area (Å²) in [6.45, 7) is 0. The molecule has 1 heterocycles. The minimum absolute atomic E-state index is 0.149. The molecule has 0 saturated heterocycles. The van der Waals surface area contributed by atoms with E-state index in [0.717, 1.165) is 6.07 Å². The molecular weight excluding hydrogens is 235 g/mol. The van der Waals surface area contributed by atoms with Gasteiger partial charge < -0.3 is 9.84 Å². The van der Waals surface area contributed by atoms with E-state index in [1.165, 1.54) is 25.3 Å². The molecule has 0 saturated carbocycles. The number of halogens is 3. The SMILES string of the molecule is COc1ccc2nc(C(F)(F)F)c(O)cc2c1. The predicted octanol–water partition coefficient (Wildman–Crippen LogP) is 2.97. The Morgan fingerprint density at radius 3 is 2.53 bits per heavy atom. The van der Waals surface area contributed by atoms with Crippen LogP contribution in [0.2, 0.25) is 0 Å². The average Bonchev–Trinajstić information content (AvgIpc) is 2.25. The molecule has 90 valence electrons. The zero-order valence-electron chi connectivity index (χ0n) is 8.75. The van der Waals surface area contributed by atoms with Gasteiger partial charge in [-0.1, -0.05) is 0 Å². The van der Waals surface area contributed by atoms with Crippen molar-refractivity contribution >= 4 is 10.9 Å². The monoisotopic (exact) mass is 243 g/mol. The quantitative estimate of drug-likeness (QED) is 0.837. The molecule has 0 amide bonds. The van der Waals surface area contributed by atoms with Crippen molar-refractivity contribution in [2.24, 2.45) is 0 Å². The molecule has 1 aromatic carbocycles. The molecule has 0 aliphatic carbocycles. The first-order valence-corrected chi connectivity index (χ1v) is 4.67. The number of methoxy groups -OCH3 is 1. The molecule has 0 fully saturated rings. The molecule has 1 N–H and O–H groups in total. The van der Waals surface area contributed by atoms with Gasteiger partial charge >= 0.3 is 6.18 Å². The lowest BCUT2D eigenvalue weighted by Crippen LogP contribution is -2.08. The van der Waals surface area contributed by atoms with Crippen molar-refractivity contribution in [1.29, 1.82) is 0 Å². The third kappa shape index (κ3) is 2.11. The van der Waals surface area contributed by atoms with Crippen LogP contribution in [0.1, 0.15) is 5.69 Å². The molecule has 0 radical (unpaired) electrons. The Morgan fingerprint density at radius 1 is 1.24 bits per heavy atom. The molecule has 6 heteroatoms. The molecule has 0 spiro atoms. The second kappa shape index (κ2) is 3.80. The molecule has 1 aromatic heterocycles. The second-order valence-electron chi connectivity index (χ2n) is 3.41. The lowest BCUT2D eigenvalue weighted by atomic mass is 10.1. The molecule has 0 unspecified atom stereocenters. The smallest absolute Gasteiger partial charge is 0.437 e. The number of aromatic nitrogens is 1. The van der Waals surface area contributed by atoms with Crippen molar-refractivity contribution in [2.45, 2.75) is 6.18 Å². The molecule has 17 heavy (non-hydrogen) atoms. The van der Waals surface area contributed by atoms with Crippen LogP contribution >= 0.6 is 0 Å². The summed E-state index contributed by atoms with van der Waals surface area (Å²) in [5.74, 6) is -0.406. The normalized spacial score (nSPS) is 11.8. The standard InChI is InChI=1S/C11H8F3NO2/c1-17-7-2-3-8-6(4-7)5-9(16)10(15-8)11(12,13)14/h2-5,16H,1H3. The fourth-order valence-electron chi connectivity index (χ4n) is 1.48. The van der Waals surface area contributed by atoms with E-state index < -0.39 is 17.6 Å². The summed E-state index contributed by atoms with van der Waals surface area (Å²) in [7, 11) is 1.44. The summed E-state index contributed by atoms with van der Waals surface area (Å²) in [6, 6.07) is 5.44. The van der Waals surface area contributed by atoms with Gasteiger partial charge in [0.15, 0.2) is 5.69 Å². The predicted molar refractivity (Wildman–Crippen MR) is 55.0 cm³/mol. The number of pyridine rings is 1. The number of hydrogen-bond donors (Lipinski definition) is 1. The lowest BCUT2D eigenvalue weighted by Gasteiger charge is -2.09. The van der Waals surface area contributed by atoms with Crippen molar-refractivity contribution in [2.75, 3.05) is 7.11 Å². The van der Waals surface area contributed by atoms with Crippen LogP contribution in [0.25, 0.3) is 10.9 Å². The second-order valence-corrected chi connectivity index (χ2v) is 3.41. The van der Waals surface area contributed by atoms with E-state index in [4.69, 9.17) is 4.74 Å². The number of nitrogens with zero attached hydrogens (tertiary/aromatic N) is 1. The van der Waals surface area contributed by atoms with Gasteiger partial charge in [0, 0.05) is 5.39 Å². The van der Waals surface area contributed by atoms with Crippen LogP contribution in [-0.4, -0.2) is 17.2 Å². The van der Waals surface area contributed by atoms with E-state index in [9.17, 15) is 18.3 Å². The van der Waals surface area contributed by atoms with Gasteiger partial charge in [0.1, 0.15) is 11.5 Å². The maximum Gasteiger partial charge on any atom is 0.437 e. The number of fused-ring (bicyclic) bond motifs is 1. The fraction of sp³-hybridized carbons (Fsp3) is 0.182. The Hall–Kier alpha value is -1.98. The number of benzene rings is 1. The van der Waals surface area contributed by atoms with E-state index >= 15 is 0 Å². The first-order valence-electron chi connectivity index (χ1n) is 4.67. The first-order chi connectivity index (χ1) is 7.91. The largest absolute Gasteiger partial charge is 0.506 e. The van der Waals surface area contributed by atoms with Crippen LogP contribution in [-0.2, 0) is 6.18 Å². The minimum Gasteiger partial charge on any atom is -0.506 e. The van der Waals surface area contributed by atoms with Gasteiger partial charge in [-0.05, 0) is 24.3 Å². The number of hydrogen-bond acceptors (Lipinski definition) is 3. The number of aromatic hydroxyl groups is 1. The van der Waals surface area contributed by atoms with Gasteiger partial charge in [0.05, 0.1) is 12.6 Å². The van der Waals surface area contributed by atoms with E-state index in [1.54, 1.807) is 0 Å². The summed E-state index contributed by atoms with van der Waals surface area (Å²) < 4.78 is 42.4. The highest BCUT2D eigenvalue weighted by Gasteiger charge is 2.36. The Balaban J connectivity index is 2.66. The minimum atomic E-state index is -4.67. The molecule has 0 aliphatic heterocycles. The van der Waals surface area contributed by atoms with Gasteiger partial charge in [-0.2, -0.15) is 13.2 Å². The van der Waals surface area contributed by atoms with Crippen LogP contribution in [0.4, 0.5) is 13.2 Å². The zero-order valence-corrected chi connectivity index (χ0v) is 8.75. The number of rotatable bonds is 1. The van der Waals surface area contributed by atoms with Crippen LogP contribution in [0.3, 0.4) is 0 Å². The Kier molecular flexibility index (Phi) is 2.57. The summed E-state index contributed by atoms with van der Waals surface area (Å²) in [5.41, 5.74) is -1.13. The highest BCUT2D eigenvalue weighted by molar-refractivity contribution is 5.82.